The highest BCUT2D eigenvalue weighted by atomic mass is 31.0. The highest BCUT2D eigenvalue weighted by Crippen LogP contribution is 2.30. The van der Waals surface area contributed by atoms with Crippen LogP contribution in [0.1, 0.15) is 25.7 Å². The Morgan fingerprint density at radius 1 is 1.46 bits per heavy atom. The average Bonchev–Trinajstić information content (AvgIpc) is 2.16. The molecule has 1 rings (SSSR count). The number of hydrogen-bond acceptors (Lipinski definition) is 1. The maximum Gasteiger partial charge on any atom is 0.225 e. The Balaban J connectivity index is 2.46. The smallest absolute Gasteiger partial charge is 0.225 e. The molecule has 0 aromatic heterocycles. The maximum atomic E-state index is 11.7. The normalized spacial score (nSPS) is 28.5. The lowest BCUT2D eigenvalue weighted by atomic mass is 9.82. The van der Waals surface area contributed by atoms with Crippen LogP contribution in [0.2, 0.25) is 0 Å². The Morgan fingerprint density at radius 3 is 2.69 bits per heavy atom. The van der Waals surface area contributed by atoms with Gasteiger partial charge in [-0.1, -0.05) is 12.8 Å². The minimum Gasteiger partial charge on any atom is -0.349 e. The van der Waals surface area contributed by atoms with Gasteiger partial charge in [-0.15, -0.1) is 9.24 Å². The second-order valence-electron chi connectivity index (χ2n) is 4.20. The van der Waals surface area contributed by atoms with Gasteiger partial charge in [0.1, 0.15) is 0 Å². The van der Waals surface area contributed by atoms with E-state index in [1.807, 2.05) is 14.1 Å². The molecule has 1 aliphatic carbocycles. The summed E-state index contributed by atoms with van der Waals surface area (Å²) >= 11 is 0. The molecule has 0 spiro atoms. The zero-order valence-electron chi connectivity index (χ0n) is 8.62. The van der Waals surface area contributed by atoms with E-state index in [1.54, 1.807) is 4.90 Å². The molecular formula is C10H20NOP. The summed E-state index contributed by atoms with van der Waals surface area (Å²) < 4.78 is 0. The van der Waals surface area contributed by atoms with Gasteiger partial charge in [0.05, 0.1) is 0 Å². The monoisotopic (exact) mass is 201 g/mol. The van der Waals surface area contributed by atoms with Gasteiger partial charge in [-0.25, -0.2) is 0 Å². The van der Waals surface area contributed by atoms with E-state index >= 15 is 0 Å². The number of carbonyl (C=O) groups excluding carboxylic acids is 1. The summed E-state index contributed by atoms with van der Waals surface area (Å²) in [6.07, 6.45) is 5.87. The Morgan fingerprint density at radius 2 is 2.15 bits per heavy atom. The number of rotatable bonds is 2. The van der Waals surface area contributed by atoms with Gasteiger partial charge in [0.25, 0.3) is 0 Å². The third-order valence-electron chi connectivity index (χ3n) is 2.91. The SMILES string of the molecule is CN(C)C(=O)C1CCCC(CP)C1. The van der Waals surface area contributed by atoms with E-state index in [0.717, 1.165) is 24.9 Å². The standard InChI is InChI=1S/C10H20NOP/c1-11(2)10(12)9-5-3-4-8(6-9)7-13/h8-9H,3-7,13H2,1-2H3. The molecule has 0 aromatic rings. The van der Waals surface area contributed by atoms with Crippen LogP contribution in [-0.4, -0.2) is 31.1 Å². The molecule has 76 valence electrons. The van der Waals surface area contributed by atoms with Crippen molar-refractivity contribution in [3.63, 3.8) is 0 Å². The summed E-state index contributed by atoms with van der Waals surface area (Å²) in [6, 6.07) is 0. The first-order valence-corrected chi connectivity index (χ1v) is 5.88. The van der Waals surface area contributed by atoms with Gasteiger partial charge in [0.15, 0.2) is 0 Å². The van der Waals surface area contributed by atoms with Crippen molar-refractivity contribution in [3.05, 3.63) is 0 Å². The topological polar surface area (TPSA) is 20.3 Å². The molecule has 13 heavy (non-hydrogen) atoms. The molecule has 1 fully saturated rings. The van der Waals surface area contributed by atoms with Gasteiger partial charge >= 0.3 is 0 Å². The minimum absolute atomic E-state index is 0.300. The largest absolute Gasteiger partial charge is 0.349 e. The highest BCUT2D eigenvalue weighted by Gasteiger charge is 2.26. The van der Waals surface area contributed by atoms with Crippen LogP contribution in [-0.2, 0) is 4.79 Å². The first-order chi connectivity index (χ1) is 6.15. The van der Waals surface area contributed by atoms with Crippen LogP contribution in [0.25, 0.3) is 0 Å². The van der Waals surface area contributed by atoms with E-state index in [4.69, 9.17) is 0 Å². The van der Waals surface area contributed by atoms with Crippen molar-refractivity contribution in [2.45, 2.75) is 25.7 Å². The molecular weight excluding hydrogens is 181 g/mol. The van der Waals surface area contributed by atoms with Crippen molar-refractivity contribution in [1.82, 2.24) is 4.90 Å². The zero-order chi connectivity index (χ0) is 9.84. The van der Waals surface area contributed by atoms with Crippen molar-refractivity contribution >= 4 is 15.1 Å². The summed E-state index contributed by atoms with van der Waals surface area (Å²) in [5.74, 6) is 1.38. The molecule has 0 radical (unpaired) electrons. The molecule has 0 saturated heterocycles. The summed E-state index contributed by atoms with van der Waals surface area (Å²) in [7, 11) is 6.50. The second-order valence-corrected chi connectivity index (χ2v) is 4.67. The third kappa shape index (κ3) is 2.95. The molecule has 0 N–H and O–H groups in total. The predicted molar refractivity (Wildman–Crippen MR) is 58.7 cm³/mol. The summed E-state index contributed by atoms with van der Waals surface area (Å²) in [5, 5.41) is 0. The zero-order valence-corrected chi connectivity index (χ0v) is 9.78. The van der Waals surface area contributed by atoms with E-state index in [2.05, 4.69) is 9.24 Å². The molecule has 1 aliphatic rings. The second kappa shape index (κ2) is 4.95. The van der Waals surface area contributed by atoms with Crippen molar-refractivity contribution in [2.75, 3.05) is 20.3 Å². The molecule has 0 aromatic carbocycles. The first kappa shape index (κ1) is 11.0. The molecule has 3 atom stereocenters. The van der Waals surface area contributed by atoms with Crippen molar-refractivity contribution in [3.8, 4) is 0 Å². The minimum atomic E-state index is 0.300. The molecule has 1 amide bonds. The lowest BCUT2D eigenvalue weighted by molar-refractivity contribution is -0.134. The summed E-state index contributed by atoms with van der Waals surface area (Å²) in [6.45, 7) is 0. The fourth-order valence-electron chi connectivity index (χ4n) is 2.09. The van der Waals surface area contributed by atoms with E-state index in [0.29, 0.717) is 11.8 Å². The number of hydrogen-bond donors (Lipinski definition) is 0. The van der Waals surface area contributed by atoms with Gasteiger partial charge in [0, 0.05) is 20.0 Å². The van der Waals surface area contributed by atoms with Crippen LogP contribution in [0.4, 0.5) is 0 Å². The first-order valence-electron chi connectivity index (χ1n) is 5.06. The lowest BCUT2D eigenvalue weighted by Crippen LogP contribution is -2.33. The summed E-state index contributed by atoms with van der Waals surface area (Å²) in [5.41, 5.74) is 0. The van der Waals surface area contributed by atoms with Gasteiger partial charge in [-0.05, 0) is 24.9 Å². The number of nitrogens with zero attached hydrogens (tertiary/aromatic N) is 1. The van der Waals surface area contributed by atoms with E-state index in [1.165, 1.54) is 12.8 Å². The molecule has 0 aliphatic heterocycles. The molecule has 3 heteroatoms. The van der Waals surface area contributed by atoms with Crippen LogP contribution in [0, 0.1) is 11.8 Å². The van der Waals surface area contributed by atoms with Crippen LogP contribution in [0.5, 0.6) is 0 Å². The van der Waals surface area contributed by atoms with Crippen molar-refractivity contribution in [1.29, 1.82) is 0 Å². The van der Waals surface area contributed by atoms with Crippen LogP contribution < -0.4 is 0 Å². The Labute approximate surface area is 83.3 Å². The van der Waals surface area contributed by atoms with Crippen molar-refractivity contribution < 1.29 is 4.79 Å². The quantitative estimate of drug-likeness (QED) is 0.623. The molecule has 2 nitrogen and oxygen atoms in total. The Kier molecular flexibility index (Phi) is 4.18. The Hall–Kier alpha value is -0.100. The highest BCUT2D eigenvalue weighted by molar-refractivity contribution is 7.16. The predicted octanol–water partition coefficient (Wildman–Crippen LogP) is 1.76. The van der Waals surface area contributed by atoms with Crippen LogP contribution in [0.3, 0.4) is 0 Å². The van der Waals surface area contributed by atoms with E-state index < -0.39 is 0 Å². The van der Waals surface area contributed by atoms with Crippen LogP contribution in [0.15, 0.2) is 0 Å². The van der Waals surface area contributed by atoms with E-state index in [-0.39, 0.29) is 0 Å². The van der Waals surface area contributed by atoms with Gasteiger partial charge in [0.2, 0.25) is 5.91 Å². The summed E-state index contributed by atoms with van der Waals surface area (Å²) in [4.78, 5) is 13.4. The molecule has 1 saturated carbocycles. The van der Waals surface area contributed by atoms with Gasteiger partial charge < -0.3 is 4.90 Å². The molecule has 3 unspecified atom stereocenters. The molecule has 0 bridgehead atoms. The molecule has 0 heterocycles. The maximum absolute atomic E-state index is 11.7. The fourth-order valence-corrected chi connectivity index (χ4v) is 2.52. The number of carbonyl (C=O) groups is 1. The van der Waals surface area contributed by atoms with E-state index in [9.17, 15) is 4.79 Å². The number of amides is 1. The fraction of sp³-hybridized carbons (Fsp3) is 0.900. The van der Waals surface area contributed by atoms with Crippen molar-refractivity contribution in [2.24, 2.45) is 11.8 Å². The average molecular weight is 201 g/mol. The van der Waals surface area contributed by atoms with Gasteiger partial charge in [-0.3, -0.25) is 4.79 Å². The van der Waals surface area contributed by atoms with Crippen LogP contribution >= 0.6 is 9.24 Å². The third-order valence-corrected chi connectivity index (χ3v) is 3.57. The van der Waals surface area contributed by atoms with Gasteiger partial charge in [-0.2, -0.15) is 0 Å². The lowest BCUT2D eigenvalue weighted by Gasteiger charge is -2.29. The Bertz CT molecular complexity index is 182.